The molecule has 0 unspecified atom stereocenters. The molecule has 0 bridgehead atoms. The van der Waals surface area contributed by atoms with E-state index in [4.69, 9.17) is 4.74 Å². The molecule has 0 amide bonds. The number of esters is 1. The number of benzene rings is 2. The highest BCUT2D eigenvalue weighted by Crippen LogP contribution is 2.39. The molecule has 144 valence electrons. The summed E-state index contributed by atoms with van der Waals surface area (Å²) in [5.74, 6) is 0.0719. The molecule has 2 aliphatic carbocycles. The van der Waals surface area contributed by atoms with Crippen molar-refractivity contribution in [3.63, 3.8) is 0 Å². The van der Waals surface area contributed by atoms with Crippen LogP contribution in [0.25, 0.3) is 33.4 Å². The first-order valence-electron chi connectivity index (χ1n) is 9.89. The Hall–Kier alpha value is -3.39. The van der Waals surface area contributed by atoms with Gasteiger partial charge in [-0.2, -0.15) is 0 Å². The lowest BCUT2D eigenvalue weighted by atomic mass is 9.98. The molecule has 2 heteroatoms. The Balaban J connectivity index is 1.87. The fourth-order valence-electron chi connectivity index (χ4n) is 3.75. The average molecular weight is 380 g/mol. The second kappa shape index (κ2) is 7.92. The molecule has 2 aromatic rings. The molecule has 2 aromatic carbocycles. The van der Waals surface area contributed by atoms with Gasteiger partial charge in [-0.15, -0.1) is 0 Å². The van der Waals surface area contributed by atoms with Crippen molar-refractivity contribution in [2.45, 2.75) is 19.8 Å². The van der Waals surface area contributed by atoms with E-state index in [9.17, 15) is 4.79 Å². The molecule has 0 heterocycles. The first-order valence-corrected chi connectivity index (χ1v) is 9.89. The summed E-state index contributed by atoms with van der Waals surface area (Å²) in [7, 11) is 1.44. The van der Waals surface area contributed by atoms with Crippen molar-refractivity contribution in [3.8, 4) is 33.4 Å². The van der Waals surface area contributed by atoms with Crippen molar-refractivity contribution >= 4 is 5.97 Å². The highest BCUT2D eigenvalue weighted by Gasteiger charge is 2.23. The highest BCUT2D eigenvalue weighted by atomic mass is 16.5. The summed E-state index contributed by atoms with van der Waals surface area (Å²) in [6, 6.07) is 29.1. The number of rotatable bonds is 4. The summed E-state index contributed by atoms with van der Waals surface area (Å²) < 4.78 is 5.15. The number of carbonyl (C=O) groups excluding carboxylic acids is 1. The fourth-order valence-corrected chi connectivity index (χ4v) is 3.75. The van der Waals surface area contributed by atoms with Gasteiger partial charge in [-0.25, -0.2) is 4.79 Å². The molecule has 0 radical (unpaired) electrons. The number of carbonyl (C=O) groups is 1. The van der Waals surface area contributed by atoms with Gasteiger partial charge in [0.15, 0.2) is 0 Å². The molecule has 0 fully saturated rings. The SMILES string of the molecule is COC(=O)c1c(-c2ccc(-c3ccccc3)cc2)cc2cccc(C(C)C)cc1-2. The Kier molecular flexibility index (Phi) is 5.18. The van der Waals surface area contributed by atoms with E-state index in [1.807, 2.05) is 18.2 Å². The van der Waals surface area contributed by atoms with E-state index in [2.05, 4.69) is 80.6 Å². The Morgan fingerprint density at radius 2 is 1.28 bits per heavy atom. The Bertz CT molecular complexity index is 1110. The van der Waals surface area contributed by atoms with Gasteiger partial charge in [-0.1, -0.05) is 92.7 Å². The third-order valence-corrected chi connectivity index (χ3v) is 5.38. The summed E-state index contributed by atoms with van der Waals surface area (Å²) in [6.45, 7) is 4.32. The zero-order valence-corrected chi connectivity index (χ0v) is 17.0. The molecule has 0 saturated heterocycles. The summed E-state index contributed by atoms with van der Waals surface area (Å²) in [6.07, 6.45) is 0. The smallest absolute Gasteiger partial charge is 0.339 e. The fraction of sp³-hybridized carbons (Fsp3) is 0.148. The maximum absolute atomic E-state index is 12.7. The van der Waals surface area contributed by atoms with Crippen LogP contribution in [0.2, 0.25) is 0 Å². The number of hydrogen-bond acceptors (Lipinski definition) is 2. The number of fused-ring (bicyclic) bond motifs is 1. The standard InChI is InChI=1S/C27H24O2/c1-18(2)22-10-7-11-23-17-24(26(25(23)16-22)27(28)29-3)21-14-12-20(13-15-21)19-8-5-4-6-9-19/h4-18H,1-3H3. The van der Waals surface area contributed by atoms with Crippen LogP contribution in [-0.2, 0) is 4.74 Å². The molecule has 0 atom stereocenters. The van der Waals surface area contributed by atoms with E-state index < -0.39 is 0 Å². The summed E-state index contributed by atoms with van der Waals surface area (Å²) in [5.41, 5.74) is 8.05. The van der Waals surface area contributed by atoms with Crippen molar-refractivity contribution < 1.29 is 9.53 Å². The average Bonchev–Trinajstić information content (AvgIpc) is 2.97. The van der Waals surface area contributed by atoms with E-state index in [1.165, 1.54) is 18.2 Å². The summed E-state index contributed by atoms with van der Waals surface area (Å²) in [5, 5.41) is 0. The molecule has 0 spiro atoms. The lowest BCUT2D eigenvalue weighted by Gasteiger charge is -2.08. The quantitative estimate of drug-likeness (QED) is 0.355. The topological polar surface area (TPSA) is 26.3 Å². The maximum Gasteiger partial charge on any atom is 0.339 e. The van der Waals surface area contributed by atoms with Crippen LogP contribution in [-0.4, -0.2) is 13.1 Å². The first-order chi connectivity index (χ1) is 14.1. The van der Waals surface area contributed by atoms with Gasteiger partial charge in [-0.3, -0.25) is 0 Å². The van der Waals surface area contributed by atoms with Crippen molar-refractivity contribution in [3.05, 3.63) is 96.1 Å². The van der Waals surface area contributed by atoms with Crippen LogP contribution < -0.4 is 0 Å². The van der Waals surface area contributed by atoms with E-state index in [0.717, 1.165) is 27.8 Å². The number of methoxy groups -OCH3 is 1. The lowest BCUT2D eigenvalue weighted by Crippen LogP contribution is -2.02. The molecule has 0 saturated carbocycles. The number of hydrogen-bond donors (Lipinski definition) is 0. The first kappa shape index (κ1) is 18.9. The Morgan fingerprint density at radius 3 is 1.93 bits per heavy atom. The van der Waals surface area contributed by atoms with Gasteiger partial charge in [0.25, 0.3) is 0 Å². The van der Waals surface area contributed by atoms with Crippen LogP contribution in [0.3, 0.4) is 0 Å². The van der Waals surface area contributed by atoms with Crippen LogP contribution >= 0.6 is 0 Å². The molecule has 29 heavy (non-hydrogen) atoms. The molecule has 0 aromatic heterocycles. The van der Waals surface area contributed by atoms with E-state index >= 15 is 0 Å². The molecule has 0 N–H and O–H groups in total. The highest BCUT2D eigenvalue weighted by molar-refractivity contribution is 6.07. The van der Waals surface area contributed by atoms with Gasteiger partial charge < -0.3 is 4.74 Å². The zero-order chi connectivity index (χ0) is 20.4. The van der Waals surface area contributed by atoms with Crippen molar-refractivity contribution in [1.29, 1.82) is 0 Å². The predicted molar refractivity (Wildman–Crippen MR) is 119 cm³/mol. The second-order valence-corrected chi connectivity index (χ2v) is 7.56. The van der Waals surface area contributed by atoms with Crippen LogP contribution in [0.1, 0.15) is 35.7 Å². The van der Waals surface area contributed by atoms with E-state index in [1.54, 1.807) is 0 Å². The normalized spacial score (nSPS) is 11.0. The van der Waals surface area contributed by atoms with Crippen LogP contribution in [0.5, 0.6) is 0 Å². The molecule has 0 aliphatic heterocycles. The van der Waals surface area contributed by atoms with Gasteiger partial charge in [0, 0.05) is 0 Å². The summed E-state index contributed by atoms with van der Waals surface area (Å²) >= 11 is 0. The third-order valence-electron chi connectivity index (χ3n) is 5.38. The molecule has 2 nitrogen and oxygen atoms in total. The molecule has 4 rings (SSSR count). The van der Waals surface area contributed by atoms with Gasteiger partial charge in [0.2, 0.25) is 0 Å². The second-order valence-electron chi connectivity index (χ2n) is 7.56. The van der Waals surface area contributed by atoms with Crippen LogP contribution in [0.15, 0.2) is 84.9 Å². The minimum atomic E-state index is -0.303. The van der Waals surface area contributed by atoms with Crippen LogP contribution in [0.4, 0.5) is 0 Å². The summed E-state index contributed by atoms with van der Waals surface area (Å²) in [4.78, 5) is 12.7. The number of ether oxygens (including phenoxy) is 1. The van der Waals surface area contributed by atoms with Crippen LogP contribution in [0, 0.1) is 0 Å². The molecule has 2 aliphatic rings. The minimum Gasteiger partial charge on any atom is -0.465 e. The van der Waals surface area contributed by atoms with E-state index in [-0.39, 0.29) is 5.97 Å². The minimum absolute atomic E-state index is 0.303. The Labute approximate surface area is 172 Å². The van der Waals surface area contributed by atoms with Gasteiger partial charge in [0.1, 0.15) is 0 Å². The van der Waals surface area contributed by atoms with Gasteiger partial charge in [-0.05, 0) is 50.9 Å². The van der Waals surface area contributed by atoms with Gasteiger partial charge >= 0.3 is 5.97 Å². The van der Waals surface area contributed by atoms with E-state index in [0.29, 0.717) is 11.5 Å². The third kappa shape index (κ3) is 3.66. The zero-order valence-electron chi connectivity index (χ0n) is 17.0. The van der Waals surface area contributed by atoms with Crippen molar-refractivity contribution in [1.82, 2.24) is 0 Å². The molecular formula is C27H24O2. The predicted octanol–water partition coefficient (Wildman–Crippen LogP) is 7.04. The lowest BCUT2D eigenvalue weighted by molar-refractivity contribution is 0.0603. The van der Waals surface area contributed by atoms with Crippen molar-refractivity contribution in [2.24, 2.45) is 0 Å². The van der Waals surface area contributed by atoms with Gasteiger partial charge in [0.05, 0.1) is 12.7 Å². The van der Waals surface area contributed by atoms with Crippen molar-refractivity contribution in [2.75, 3.05) is 7.11 Å². The Morgan fingerprint density at radius 1 is 0.690 bits per heavy atom. The monoisotopic (exact) mass is 380 g/mol. The molecular weight excluding hydrogens is 356 g/mol. The maximum atomic E-state index is 12.7. The largest absolute Gasteiger partial charge is 0.465 e.